The molecule has 1 aliphatic rings. The molecule has 314 valence electrons. The topological polar surface area (TPSA) is 48.8 Å². The first kappa shape index (κ1) is 29.9. The van der Waals surface area contributed by atoms with Crippen molar-refractivity contribution in [3.63, 3.8) is 0 Å². The van der Waals surface area contributed by atoms with Crippen molar-refractivity contribution in [3.8, 4) is 51.1 Å². The Bertz CT molecular complexity index is 3890. The third-order valence-corrected chi connectivity index (χ3v) is 12.6. The number of hydrogen-bond donors (Lipinski definition) is 0. The molecule has 0 atom stereocenters. The molecule has 0 spiro atoms. The fraction of sp³-hybridized carbons (Fsp3) is 0.190. The van der Waals surface area contributed by atoms with Gasteiger partial charge < -0.3 is 4.74 Å². The number of nitrogens with zero attached hydrogens (tertiary/aromatic N) is 5. The van der Waals surface area contributed by atoms with E-state index in [2.05, 4.69) is 95.8 Å². The van der Waals surface area contributed by atoms with Gasteiger partial charge in [-0.1, -0.05) is 157 Å². The summed E-state index contributed by atoms with van der Waals surface area (Å²) in [5.41, 5.74) is 6.00. The average Bonchev–Trinajstić information content (AvgIpc) is 3.97. The van der Waals surface area contributed by atoms with Crippen molar-refractivity contribution in [2.24, 2.45) is 0 Å². The van der Waals surface area contributed by atoms with E-state index in [4.69, 9.17) is 22.9 Å². The summed E-state index contributed by atoms with van der Waals surface area (Å²) in [5.74, 6) is 2.25. The Morgan fingerprint density at radius 2 is 1.31 bits per heavy atom. The number of benzene rings is 6. The molecule has 0 radical (unpaired) electrons. The van der Waals surface area contributed by atoms with E-state index in [1.54, 1.807) is 35.0 Å². The van der Waals surface area contributed by atoms with Crippen molar-refractivity contribution < 1.29 is 23.0 Å². The predicted molar refractivity (Wildman–Crippen MR) is 260 cm³/mol. The van der Waals surface area contributed by atoms with E-state index < -0.39 is 65.8 Å². The Morgan fingerprint density at radius 3 is 2.03 bits per heavy atom. The molecule has 4 aromatic heterocycles. The van der Waals surface area contributed by atoms with Gasteiger partial charge >= 0.3 is 0 Å². The van der Waals surface area contributed by atoms with Gasteiger partial charge in [-0.3, -0.25) is 18.7 Å². The third kappa shape index (κ3) is 6.50. The molecule has 0 bridgehead atoms. The monoisotopic (exact) mass is 843 g/mol. The lowest BCUT2D eigenvalue weighted by Crippen LogP contribution is -2.31. The Kier molecular flexibility index (Phi) is 6.84. The quantitative estimate of drug-likeness (QED) is 0.119. The van der Waals surface area contributed by atoms with Crippen molar-refractivity contribution >= 4 is 32.8 Å². The summed E-state index contributed by atoms with van der Waals surface area (Å²) in [4.78, 5) is 9.78. The largest absolute Gasteiger partial charge is 0.458 e. The highest BCUT2D eigenvalue weighted by atomic mass is 16.5. The number of rotatable bonds is 7. The highest BCUT2D eigenvalue weighted by Crippen LogP contribution is 2.52. The number of para-hydroxylation sites is 2. The van der Waals surface area contributed by atoms with E-state index in [0.717, 1.165) is 56.3 Å². The number of imidazole rings is 1. The maximum absolute atomic E-state index is 9.18. The minimum absolute atomic E-state index is 0.0993. The second-order valence-corrected chi connectivity index (χ2v) is 18.9. The Labute approximate surface area is 389 Å². The van der Waals surface area contributed by atoms with Crippen molar-refractivity contribution in [2.45, 2.75) is 71.1 Å². The molecule has 0 unspecified atom stereocenters. The van der Waals surface area contributed by atoms with E-state index in [-0.39, 0.29) is 38.8 Å². The minimum atomic E-state index is -0.568. The summed E-state index contributed by atoms with van der Waals surface area (Å²) < 4.78 is 101. The molecule has 0 amide bonds. The van der Waals surface area contributed by atoms with Gasteiger partial charge in [0.2, 0.25) is 0 Å². The smallest absolute Gasteiger partial charge is 0.271 e. The van der Waals surface area contributed by atoms with Crippen LogP contribution in [0.3, 0.4) is 0 Å². The van der Waals surface area contributed by atoms with Gasteiger partial charge in [0.15, 0.2) is 5.82 Å². The molecule has 0 saturated heterocycles. The van der Waals surface area contributed by atoms with Crippen molar-refractivity contribution in [3.05, 3.63) is 193 Å². The fourth-order valence-corrected chi connectivity index (χ4v) is 10.0. The zero-order valence-corrected chi connectivity index (χ0v) is 36.7. The Hall–Kier alpha value is -7.31. The summed E-state index contributed by atoms with van der Waals surface area (Å²) in [6.07, 6.45) is 7.88. The maximum atomic E-state index is 9.18. The molecular weight excluding hydrogens is 783 g/mol. The zero-order chi connectivity index (χ0) is 52.7. The van der Waals surface area contributed by atoms with E-state index in [0.29, 0.717) is 22.8 Å². The van der Waals surface area contributed by atoms with Crippen LogP contribution in [0.1, 0.15) is 85.3 Å². The van der Waals surface area contributed by atoms with Crippen LogP contribution in [0.15, 0.2) is 170 Å². The molecule has 6 nitrogen and oxygen atoms in total. The summed E-state index contributed by atoms with van der Waals surface area (Å²) in [6, 6.07) is 25.7. The first-order valence-corrected chi connectivity index (χ1v) is 21.5. The molecule has 0 aliphatic heterocycles. The summed E-state index contributed by atoms with van der Waals surface area (Å²) in [7, 11) is 0. The summed E-state index contributed by atoms with van der Waals surface area (Å²) >= 11 is 0. The highest BCUT2D eigenvalue weighted by Gasteiger charge is 2.44. The van der Waals surface area contributed by atoms with Crippen LogP contribution in [0, 0.1) is 6.33 Å². The lowest BCUT2D eigenvalue weighted by atomic mass is 9.82. The SMILES string of the molecule is [2H]c1c([2H])c([2H])c(-c2cccc(-c3c([2H])c([2H])c([2H])c([2H])c3[2H])c2-[n+]2[c-]n(-c3cc(Oc4ccc5c6ccccc6n(-c6cc(C(C)(C)C)ccn6)c5c4)ccn3)c3c4c(ccc32)C(C)(C)CC4(C)C)c([2H])c1[2H]. The molecule has 11 rings (SSSR count). The second-order valence-electron chi connectivity index (χ2n) is 18.9. The number of pyridine rings is 2. The van der Waals surface area contributed by atoms with Crippen LogP contribution in [0.2, 0.25) is 0 Å². The number of hydrogen-bond acceptors (Lipinski definition) is 3. The molecule has 0 saturated carbocycles. The average molecular weight is 844 g/mol. The molecule has 10 aromatic rings. The summed E-state index contributed by atoms with van der Waals surface area (Å²) in [6.45, 7) is 15.4. The predicted octanol–water partition coefficient (Wildman–Crippen LogP) is 14.0. The lowest BCUT2D eigenvalue weighted by molar-refractivity contribution is -0.571. The Balaban J connectivity index is 1.16. The van der Waals surface area contributed by atoms with Gasteiger partial charge in [0.1, 0.15) is 17.3 Å². The van der Waals surface area contributed by atoms with Gasteiger partial charge in [0, 0.05) is 35.3 Å². The van der Waals surface area contributed by atoms with E-state index >= 15 is 0 Å². The Morgan fingerprint density at radius 1 is 0.656 bits per heavy atom. The van der Waals surface area contributed by atoms with Gasteiger partial charge in [-0.15, -0.1) is 0 Å². The van der Waals surface area contributed by atoms with Crippen LogP contribution < -0.4 is 9.30 Å². The fourth-order valence-electron chi connectivity index (χ4n) is 10.0. The van der Waals surface area contributed by atoms with Crippen molar-refractivity contribution in [1.82, 2.24) is 19.1 Å². The lowest BCUT2D eigenvalue weighted by Gasteiger charge is -2.23. The first-order chi connectivity index (χ1) is 35.0. The van der Waals surface area contributed by atoms with Gasteiger partial charge in [-0.25, -0.2) is 4.98 Å². The third-order valence-electron chi connectivity index (χ3n) is 12.6. The molecule has 0 fully saturated rings. The molecule has 64 heavy (non-hydrogen) atoms. The molecule has 6 aromatic carbocycles. The molecule has 0 N–H and O–H groups in total. The number of ether oxygens (including phenoxy) is 1. The zero-order valence-electron chi connectivity index (χ0n) is 46.7. The number of fused-ring (bicyclic) bond motifs is 6. The molecule has 4 heterocycles. The standard InChI is InChI=1S/C58H51N5O/c1-56(2,3)40-29-31-60-52(33-40)63-48-24-15-14-21-45(48)46-26-25-41(34-50(46)63)64-42-30-32-59-51(35-42)62-37-61(49-28-27-47-53(55(49)62)58(6,7)36-57(47,4)5)54-43(38-17-10-8-11-18-38)22-16-23-44(54)39-19-12-9-13-20-39/h8-35H,36H2,1-7H3/i8D,9D,10D,11D,12D,13D,17D,18D,19D,20D. The van der Waals surface area contributed by atoms with Crippen LogP contribution in [0.25, 0.3) is 72.4 Å². The normalized spacial score (nSPS) is 16.5. The first-order valence-electron chi connectivity index (χ1n) is 26.5. The van der Waals surface area contributed by atoms with Gasteiger partial charge in [-0.05, 0) is 98.0 Å². The van der Waals surface area contributed by atoms with Crippen LogP contribution in [0.4, 0.5) is 0 Å². The molecule has 1 aliphatic carbocycles. The van der Waals surface area contributed by atoms with Gasteiger partial charge in [0.05, 0.1) is 41.5 Å². The van der Waals surface area contributed by atoms with Crippen LogP contribution >= 0.6 is 0 Å². The number of aromatic nitrogens is 5. The summed E-state index contributed by atoms with van der Waals surface area (Å²) in [5, 5.41) is 2.11. The second kappa shape index (κ2) is 14.6. The minimum Gasteiger partial charge on any atom is -0.458 e. The van der Waals surface area contributed by atoms with Crippen LogP contribution in [0.5, 0.6) is 11.5 Å². The van der Waals surface area contributed by atoms with E-state index in [1.807, 2.05) is 47.2 Å². The van der Waals surface area contributed by atoms with E-state index in [9.17, 15) is 5.48 Å². The van der Waals surface area contributed by atoms with Crippen LogP contribution in [-0.4, -0.2) is 19.1 Å². The van der Waals surface area contributed by atoms with Crippen LogP contribution in [-0.2, 0) is 16.2 Å². The molecule has 6 heteroatoms. The van der Waals surface area contributed by atoms with E-state index in [1.165, 1.54) is 0 Å². The molecular formula is C58H51N5O. The van der Waals surface area contributed by atoms with Gasteiger partial charge in [0.25, 0.3) is 6.33 Å². The van der Waals surface area contributed by atoms with Crippen molar-refractivity contribution in [2.75, 3.05) is 0 Å². The highest BCUT2D eigenvalue weighted by molar-refractivity contribution is 6.09. The maximum Gasteiger partial charge on any atom is 0.271 e. The van der Waals surface area contributed by atoms with Gasteiger partial charge in [-0.2, -0.15) is 0 Å². The van der Waals surface area contributed by atoms with Crippen molar-refractivity contribution in [1.29, 1.82) is 0 Å².